The lowest BCUT2D eigenvalue weighted by Gasteiger charge is -2.10. The molecule has 0 unspecified atom stereocenters. The first-order chi connectivity index (χ1) is 13.1. The number of halogens is 1. The Bertz CT molecular complexity index is 1020. The van der Waals surface area contributed by atoms with Crippen molar-refractivity contribution in [1.29, 1.82) is 0 Å². The van der Waals surface area contributed by atoms with E-state index < -0.39 is 34.4 Å². The van der Waals surface area contributed by atoms with E-state index in [4.69, 9.17) is 21.5 Å². The van der Waals surface area contributed by atoms with Crippen molar-refractivity contribution in [2.45, 2.75) is 11.1 Å². The first kappa shape index (κ1) is 21.8. The van der Waals surface area contributed by atoms with Crippen LogP contribution in [0.4, 0.5) is 5.69 Å². The molecule has 150 valence electrons. The maximum absolute atomic E-state index is 11.9. The lowest BCUT2D eigenvalue weighted by atomic mass is 10.2. The van der Waals surface area contributed by atoms with Gasteiger partial charge in [0.05, 0.1) is 12.1 Å². The summed E-state index contributed by atoms with van der Waals surface area (Å²) in [7, 11) is -3.92. The van der Waals surface area contributed by atoms with Gasteiger partial charge >= 0.3 is 5.97 Å². The molecule has 0 aliphatic rings. The van der Waals surface area contributed by atoms with Crippen molar-refractivity contribution >= 4 is 56.4 Å². The number of amides is 2. The zero-order valence-corrected chi connectivity index (χ0v) is 16.9. The number of nitrogens with two attached hydrogens (primary N) is 1. The number of thiophene rings is 1. The summed E-state index contributed by atoms with van der Waals surface area (Å²) in [4.78, 5) is 35.4. The molecule has 0 atom stereocenters. The Morgan fingerprint density at radius 3 is 2.61 bits per heavy atom. The fourth-order valence-corrected chi connectivity index (χ4v) is 3.70. The summed E-state index contributed by atoms with van der Waals surface area (Å²) in [6, 6.07) is 6.08. The topological polar surface area (TPSA) is 145 Å². The maximum Gasteiger partial charge on any atom is 0.339 e. The average molecular weight is 446 g/mol. The molecule has 0 fully saturated rings. The smallest absolute Gasteiger partial charge is 0.339 e. The number of primary sulfonamides is 1. The Labute approximate surface area is 169 Å². The van der Waals surface area contributed by atoms with Crippen LogP contribution >= 0.6 is 22.9 Å². The molecule has 0 saturated heterocycles. The highest BCUT2D eigenvalue weighted by atomic mass is 35.5. The van der Waals surface area contributed by atoms with Gasteiger partial charge in [-0.15, -0.1) is 11.3 Å². The Hall–Kier alpha value is -2.47. The van der Waals surface area contributed by atoms with Gasteiger partial charge in [0.2, 0.25) is 15.9 Å². The number of carbonyl (C=O) groups excluding carboxylic acids is 3. The molecule has 0 aliphatic carbocycles. The largest absolute Gasteiger partial charge is 0.452 e. The fraction of sp³-hybridized carbons (Fsp3) is 0.188. The molecule has 1 aromatic carbocycles. The van der Waals surface area contributed by atoms with Crippen LogP contribution in [-0.4, -0.2) is 39.4 Å². The molecule has 0 bridgehead atoms. The zero-order chi connectivity index (χ0) is 20.9. The van der Waals surface area contributed by atoms with Gasteiger partial charge in [-0.2, -0.15) is 0 Å². The minimum absolute atomic E-state index is 0.0454. The molecule has 0 spiro atoms. The summed E-state index contributed by atoms with van der Waals surface area (Å²) in [5.41, 5.74) is 1.16. The van der Waals surface area contributed by atoms with Gasteiger partial charge in [0.1, 0.15) is 4.21 Å². The number of rotatable bonds is 7. The van der Waals surface area contributed by atoms with Crippen LogP contribution in [0.3, 0.4) is 0 Å². The highest BCUT2D eigenvalue weighted by molar-refractivity contribution is 7.91. The highest BCUT2D eigenvalue weighted by Crippen LogP contribution is 2.22. The number of carbonyl (C=O) groups is 3. The molecule has 2 rings (SSSR count). The fourth-order valence-electron chi connectivity index (χ4n) is 1.95. The molecule has 2 aromatic rings. The molecule has 28 heavy (non-hydrogen) atoms. The minimum Gasteiger partial charge on any atom is -0.452 e. The van der Waals surface area contributed by atoms with Gasteiger partial charge < -0.3 is 15.4 Å². The standard InChI is InChI=1S/C16H16ClN3O6S2/c1-9-11(17)3-2-4-12(9)20-13(21)6-19-14(22)7-26-16(23)10-5-15(27-8-10)28(18,24)25/h2-5,8H,6-7H2,1H3,(H,19,22)(H,20,21)(H2,18,24,25). The number of benzene rings is 1. The van der Waals surface area contributed by atoms with Crippen LogP contribution in [0.2, 0.25) is 5.02 Å². The second-order valence-corrected chi connectivity index (χ2v) is 8.62. The summed E-state index contributed by atoms with van der Waals surface area (Å²) < 4.78 is 26.9. The molecule has 12 heteroatoms. The Kier molecular flexibility index (Phi) is 7.13. The number of hydrogen-bond donors (Lipinski definition) is 3. The molecular weight excluding hydrogens is 430 g/mol. The summed E-state index contributed by atoms with van der Waals surface area (Å²) in [5.74, 6) is -2.07. The van der Waals surface area contributed by atoms with E-state index >= 15 is 0 Å². The lowest BCUT2D eigenvalue weighted by molar-refractivity contribution is -0.126. The Balaban J connectivity index is 1.79. The van der Waals surface area contributed by atoms with Crippen LogP contribution in [0.1, 0.15) is 15.9 Å². The molecule has 1 aromatic heterocycles. The maximum atomic E-state index is 11.9. The molecule has 1 heterocycles. The quantitative estimate of drug-likeness (QED) is 0.547. The second-order valence-electron chi connectivity index (χ2n) is 5.51. The lowest BCUT2D eigenvalue weighted by Crippen LogP contribution is -2.35. The van der Waals surface area contributed by atoms with Crippen molar-refractivity contribution in [3.05, 3.63) is 45.8 Å². The molecule has 9 nitrogen and oxygen atoms in total. The third-order valence-electron chi connectivity index (χ3n) is 3.41. The van der Waals surface area contributed by atoms with Crippen LogP contribution in [0.15, 0.2) is 33.9 Å². The molecule has 4 N–H and O–H groups in total. The van der Waals surface area contributed by atoms with Crippen LogP contribution < -0.4 is 15.8 Å². The van der Waals surface area contributed by atoms with Gasteiger partial charge in [-0.05, 0) is 30.7 Å². The van der Waals surface area contributed by atoms with Gasteiger partial charge in [-0.25, -0.2) is 18.4 Å². The van der Waals surface area contributed by atoms with Crippen molar-refractivity contribution in [2.24, 2.45) is 5.14 Å². The third kappa shape index (κ3) is 6.02. The highest BCUT2D eigenvalue weighted by Gasteiger charge is 2.17. The molecule has 0 radical (unpaired) electrons. The van der Waals surface area contributed by atoms with E-state index in [1.165, 1.54) is 5.38 Å². The molecule has 0 aliphatic heterocycles. The third-order valence-corrected chi connectivity index (χ3v) is 6.21. The van der Waals surface area contributed by atoms with E-state index in [0.717, 1.165) is 17.4 Å². The average Bonchev–Trinajstić information content (AvgIpc) is 3.12. The van der Waals surface area contributed by atoms with Crippen molar-refractivity contribution in [3.63, 3.8) is 0 Å². The number of ether oxygens (including phenoxy) is 1. The number of esters is 1. The number of hydrogen-bond acceptors (Lipinski definition) is 7. The van der Waals surface area contributed by atoms with Crippen LogP contribution in [-0.2, 0) is 24.3 Å². The first-order valence-electron chi connectivity index (χ1n) is 7.68. The van der Waals surface area contributed by atoms with E-state index in [1.54, 1.807) is 25.1 Å². The first-order valence-corrected chi connectivity index (χ1v) is 10.5. The minimum atomic E-state index is -3.92. The zero-order valence-electron chi connectivity index (χ0n) is 14.5. The second kappa shape index (κ2) is 9.15. The monoisotopic (exact) mass is 445 g/mol. The van der Waals surface area contributed by atoms with Gasteiger partial charge in [0.25, 0.3) is 5.91 Å². The summed E-state index contributed by atoms with van der Waals surface area (Å²) in [6.07, 6.45) is 0. The number of sulfonamides is 1. The predicted octanol–water partition coefficient (Wildman–Crippen LogP) is 1.27. The summed E-state index contributed by atoms with van der Waals surface area (Å²) in [6.45, 7) is 0.765. The molecule has 2 amide bonds. The number of nitrogens with one attached hydrogen (secondary N) is 2. The Morgan fingerprint density at radius 1 is 1.25 bits per heavy atom. The van der Waals surface area contributed by atoms with Gasteiger partial charge in [0, 0.05) is 16.1 Å². The summed E-state index contributed by atoms with van der Waals surface area (Å²) >= 11 is 6.72. The van der Waals surface area contributed by atoms with E-state index in [9.17, 15) is 22.8 Å². The van der Waals surface area contributed by atoms with E-state index in [-0.39, 0.29) is 16.3 Å². The van der Waals surface area contributed by atoms with Crippen molar-refractivity contribution in [1.82, 2.24) is 5.32 Å². The van der Waals surface area contributed by atoms with Crippen LogP contribution in [0.25, 0.3) is 0 Å². The van der Waals surface area contributed by atoms with Crippen molar-refractivity contribution in [2.75, 3.05) is 18.5 Å². The van der Waals surface area contributed by atoms with Gasteiger partial charge in [-0.1, -0.05) is 17.7 Å². The van der Waals surface area contributed by atoms with Gasteiger partial charge in [-0.3, -0.25) is 9.59 Å². The van der Waals surface area contributed by atoms with Crippen LogP contribution in [0, 0.1) is 6.92 Å². The predicted molar refractivity (Wildman–Crippen MR) is 104 cm³/mol. The van der Waals surface area contributed by atoms with Crippen molar-refractivity contribution < 1.29 is 27.5 Å². The van der Waals surface area contributed by atoms with Crippen molar-refractivity contribution in [3.8, 4) is 0 Å². The van der Waals surface area contributed by atoms with E-state index in [2.05, 4.69) is 10.6 Å². The normalized spacial score (nSPS) is 11.0. The van der Waals surface area contributed by atoms with E-state index in [0.29, 0.717) is 16.3 Å². The summed E-state index contributed by atoms with van der Waals surface area (Å²) in [5, 5.41) is 11.6. The number of anilines is 1. The van der Waals surface area contributed by atoms with Gasteiger partial charge in [0.15, 0.2) is 6.61 Å². The molecule has 0 saturated carbocycles. The SMILES string of the molecule is Cc1c(Cl)cccc1NC(=O)CNC(=O)COC(=O)c1csc(S(N)(=O)=O)c1. The Morgan fingerprint density at radius 2 is 1.96 bits per heavy atom. The van der Waals surface area contributed by atoms with E-state index in [1.807, 2.05) is 0 Å². The van der Waals surface area contributed by atoms with Crippen LogP contribution in [0.5, 0.6) is 0 Å². The molecular formula is C16H16ClN3O6S2.